The Kier molecular flexibility index (Phi) is 5.28. The number of fused-ring (bicyclic) bond motifs is 3. The minimum absolute atomic E-state index is 0.0550. The van der Waals surface area contributed by atoms with E-state index in [2.05, 4.69) is 5.32 Å². The number of amides is 1. The third-order valence-corrected chi connectivity index (χ3v) is 6.38. The molecule has 2 heterocycles. The maximum absolute atomic E-state index is 13.4. The van der Waals surface area contributed by atoms with Gasteiger partial charge in [0.05, 0.1) is 12.0 Å². The molecule has 1 aliphatic heterocycles. The summed E-state index contributed by atoms with van der Waals surface area (Å²) in [4.78, 5) is 37.8. The summed E-state index contributed by atoms with van der Waals surface area (Å²) in [7, 11) is 0. The normalized spacial score (nSPS) is 17.1. The van der Waals surface area contributed by atoms with Gasteiger partial charge < -0.3 is 14.5 Å². The van der Waals surface area contributed by atoms with Gasteiger partial charge in [-0.25, -0.2) is 4.39 Å². The first-order chi connectivity index (χ1) is 16.7. The van der Waals surface area contributed by atoms with Crippen molar-refractivity contribution in [2.75, 3.05) is 5.32 Å². The average Bonchev–Trinajstić information content (AvgIpc) is 3.16. The Morgan fingerprint density at radius 2 is 1.69 bits per heavy atom. The average molecular weight is 471 g/mol. The molecule has 0 bridgehead atoms. The molecule has 35 heavy (non-hydrogen) atoms. The SMILES string of the molecule is CC(=O)c1ccc(NC(=O)c2oc3ccc4c(c3c2C)C(=O)C[C@@](C)(c2ccc(F)cc2)O4)cc1. The number of Topliss-reactive ketones (excluding diaryl/α,β-unsaturated/α-hetero) is 2. The van der Waals surface area contributed by atoms with Gasteiger partial charge in [-0.05, 0) is 74.9 Å². The molecule has 1 aromatic heterocycles. The fraction of sp³-hybridized carbons (Fsp3) is 0.179. The van der Waals surface area contributed by atoms with Gasteiger partial charge in [0.1, 0.15) is 22.8 Å². The molecule has 0 saturated carbocycles. The second kappa shape index (κ2) is 8.20. The first-order valence-corrected chi connectivity index (χ1v) is 11.1. The highest BCUT2D eigenvalue weighted by molar-refractivity contribution is 6.15. The van der Waals surface area contributed by atoms with E-state index in [1.54, 1.807) is 62.4 Å². The van der Waals surface area contributed by atoms with Crippen LogP contribution in [0.3, 0.4) is 0 Å². The molecular formula is C28H22FNO5. The number of hydrogen-bond acceptors (Lipinski definition) is 5. The first kappa shape index (κ1) is 22.5. The molecule has 6 nitrogen and oxygen atoms in total. The fourth-order valence-corrected chi connectivity index (χ4v) is 4.51. The van der Waals surface area contributed by atoms with Crippen LogP contribution in [0, 0.1) is 12.7 Å². The Morgan fingerprint density at radius 3 is 2.34 bits per heavy atom. The summed E-state index contributed by atoms with van der Waals surface area (Å²) >= 11 is 0. The number of carbonyl (C=O) groups is 3. The highest BCUT2D eigenvalue weighted by Crippen LogP contribution is 2.44. The van der Waals surface area contributed by atoms with Crippen molar-refractivity contribution in [2.45, 2.75) is 32.8 Å². The van der Waals surface area contributed by atoms with Crippen LogP contribution >= 0.6 is 0 Å². The van der Waals surface area contributed by atoms with Crippen LogP contribution in [-0.4, -0.2) is 17.5 Å². The van der Waals surface area contributed by atoms with Gasteiger partial charge in [0.25, 0.3) is 5.91 Å². The summed E-state index contributed by atoms with van der Waals surface area (Å²) in [5.74, 6) is -0.581. The van der Waals surface area contributed by atoms with E-state index in [1.165, 1.54) is 19.1 Å². The second-order valence-electron chi connectivity index (χ2n) is 8.90. The molecule has 0 unspecified atom stereocenters. The van der Waals surface area contributed by atoms with E-state index in [1.807, 2.05) is 0 Å². The van der Waals surface area contributed by atoms with Crippen molar-refractivity contribution in [3.05, 3.63) is 94.5 Å². The highest BCUT2D eigenvalue weighted by Gasteiger charge is 2.40. The van der Waals surface area contributed by atoms with E-state index in [0.29, 0.717) is 44.7 Å². The Hall–Kier alpha value is -4.26. The number of halogens is 1. The number of aryl methyl sites for hydroxylation is 1. The monoisotopic (exact) mass is 471 g/mol. The van der Waals surface area contributed by atoms with E-state index in [4.69, 9.17) is 9.15 Å². The number of benzene rings is 3. The van der Waals surface area contributed by atoms with Gasteiger partial charge in [-0.15, -0.1) is 0 Å². The summed E-state index contributed by atoms with van der Waals surface area (Å²) < 4.78 is 25.5. The van der Waals surface area contributed by atoms with Crippen LogP contribution in [0.25, 0.3) is 11.0 Å². The van der Waals surface area contributed by atoms with E-state index in [9.17, 15) is 18.8 Å². The predicted octanol–water partition coefficient (Wildman–Crippen LogP) is 6.22. The summed E-state index contributed by atoms with van der Waals surface area (Å²) in [6.07, 6.45) is 0.0550. The largest absolute Gasteiger partial charge is 0.482 e. The topological polar surface area (TPSA) is 85.6 Å². The standard InChI is InChI=1S/C28H22FNO5/c1-15-24-22(34-26(15)27(33)30-20-10-4-17(5-11-20)16(2)31)12-13-23-25(24)21(32)14-28(3,35-23)18-6-8-19(29)9-7-18/h4-13H,14H2,1-3H3,(H,30,33)/t28-/m0/s1. The number of nitrogens with one attached hydrogen (secondary N) is 1. The zero-order valence-corrected chi connectivity index (χ0v) is 19.4. The molecule has 0 spiro atoms. The van der Waals surface area contributed by atoms with Gasteiger partial charge in [0, 0.05) is 22.2 Å². The summed E-state index contributed by atoms with van der Waals surface area (Å²) in [6.45, 7) is 4.99. The van der Waals surface area contributed by atoms with E-state index < -0.39 is 11.5 Å². The van der Waals surface area contributed by atoms with Crippen molar-refractivity contribution < 1.29 is 27.9 Å². The maximum atomic E-state index is 13.4. The second-order valence-corrected chi connectivity index (χ2v) is 8.90. The Balaban J connectivity index is 1.49. The molecule has 1 aliphatic rings. The zero-order valence-electron chi connectivity index (χ0n) is 19.4. The van der Waals surface area contributed by atoms with E-state index >= 15 is 0 Å². The highest BCUT2D eigenvalue weighted by atomic mass is 19.1. The van der Waals surface area contributed by atoms with E-state index in [-0.39, 0.29) is 29.6 Å². The molecule has 0 saturated heterocycles. The maximum Gasteiger partial charge on any atom is 0.291 e. The van der Waals surface area contributed by atoms with Crippen LogP contribution in [0.15, 0.2) is 65.1 Å². The third-order valence-electron chi connectivity index (χ3n) is 6.38. The molecule has 0 radical (unpaired) electrons. The molecule has 3 aromatic carbocycles. The van der Waals surface area contributed by atoms with Gasteiger partial charge in [0.2, 0.25) is 0 Å². The molecule has 5 rings (SSSR count). The van der Waals surface area contributed by atoms with E-state index in [0.717, 1.165) is 0 Å². The molecular weight excluding hydrogens is 449 g/mol. The van der Waals surface area contributed by atoms with Gasteiger partial charge >= 0.3 is 0 Å². The lowest BCUT2D eigenvalue weighted by Gasteiger charge is -2.35. The van der Waals surface area contributed by atoms with Crippen LogP contribution in [0.2, 0.25) is 0 Å². The number of furan rings is 1. The number of hydrogen-bond donors (Lipinski definition) is 1. The van der Waals surface area contributed by atoms with Crippen LogP contribution < -0.4 is 10.1 Å². The minimum atomic E-state index is -0.949. The van der Waals surface area contributed by atoms with Crippen molar-refractivity contribution in [3.63, 3.8) is 0 Å². The molecule has 1 amide bonds. The van der Waals surface area contributed by atoms with Crippen molar-refractivity contribution in [3.8, 4) is 5.75 Å². The predicted molar refractivity (Wildman–Crippen MR) is 129 cm³/mol. The van der Waals surface area contributed by atoms with Crippen LogP contribution in [0.1, 0.15) is 62.7 Å². The Bertz CT molecular complexity index is 1500. The van der Waals surface area contributed by atoms with Gasteiger partial charge in [0.15, 0.2) is 17.3 Å². The molecule has 0 fully saturated rings. The van der Waals surface area contributed by atoms with Gasteiger partial charge in [-0.3, -0.25) is 14.4 Å². The summed E-state index contributed by atoms with van der Waals surface area (Å²) in [5.41, 5.74) is 2.09. The molecule has 176 valence electrons. The van der Waals surface area contributed by atoms with Crippen LogP contribution in [0.5, 0.6) is 5.75 Å². The van der Waals surface area contributed by atoms with Crippen molar-refractivity contribution in [2.24, 2.45) is 0 Å². The molecule has 1 atom stereocenters. The van der Waals surface area contributed by atoms with Crippen LogP contribution in [-0.2, 0) is 5.60 Å². The lowest BCUT2D eigenvalue weighted by atomic mass is 9.84. The van der Waals surface area contributed by atoms with Crippen LogP contribution in [0.4, 0.5) is 10.1 Å². The lowest BCUT2D eigenvalue weighted by Crippen LogP contribution is -2.36. The van der Waals surface area contributed by atoms with Crippen molar-refractivity contribution in [1.82, 2.24) is 0 Å². The number of ketones is 2. The number of carbonyl (C=O) groups excluding carboxylic acids is 3. The summed E-state index contributed by atoms with van der Waals surface area (Å²) in [5, 5.41) is 3.30. The van der Waals surface area contributed by atoms with Gasteiger partial charge in [-0.1, -0.05) is 12.1 Å². The third kappa shape index (κ3) is 3.89. The fourth-order valence-electron chi connectivity index (χ4n) is 4.51. The smallest absolute Gasteiger partial charge is 0.291 e. The van der Waals surface area contributed by atoms with Crippen molar-refractivity contribution >= 4 is 34.1 Å². The quantitative estimate of drug-likeness (QED) is 0.357. The molecule has 0 aliphatic carbocycles. The summed E-state index contributed by atoms with van der Waals surface area (Å²) in [6, 6.07) is 15.8. The molecule has 7 heteroatoms. The van der Waals surface area contributed by atoms with Crippen molar-refractivity contribution in [1.29, 1.82) is 0 Å². The minimum Gasteiger partial charge on any atom is -0.482 e. The Labute approximate surface area is 200 Å². The van der Waals surface area contributed by atoms with Gasteiger partial charge in [-0.2, -0.15) is 0 Å². The Morgan fingerprint density at radius 1 is 1.00 bits per heavy atom. The number of rotatable bonds is 4. The zero-order chi connectivity index (χ0) is 24.9. The molecule has 4 aromatic rings. The number of ether oxygens (including phenoxy) is 1. The first-order valence-electron chi connectivity index (χ1n) is 11.1. The molecule has 1 N–H and O–H groups in total. The number of anilines is 1. The lowest BCUT2D eigenvalue weighted by molar-refractivity contribution is 0.0507.